The molecule has 16 heavy (non-hydrogen) atoms. The van der Waals surface area contributed by atoms with Crippen molar-refractivity contribution in [3.05, 3.63) is 41.6 Å². The number of para-hydroxylation sites is 1. The molecule has 0 fully saturated rings. The monoisotopic (exact) mass is 214 g/mol. The van der Waals surface area contributed by atoms with Crippen LogP contribution in [0.4, 0.5) is 0 Å². The fourth-order valence-corrected chi connectivity index (χ4v) is 1.94. The number of fused-ring (bicyclic) bond motifs is 1. The van der Waals surface area contributed by atoms with Gasteiger partial charge in [-0.25, -0.2) is 0 Å². The van der Waals surface area contributed by atoms with Crippen LogP contribution in [0.2, 0.25) is 0 Å². The largest absolute Gasteiger partial charge is 0.313 e. The fraction of sp³-hybridized carbons (Fsp3) is 0.357. The van der Waals surface area contributed by atoms with Crippen molar-refractivity contribution in [3.63, 3.8) is 0 Å². The van der Waals surface area contributed by atoms with Crippen LogP contribution in [0.5, 0.6) is 0 Å². The van der Waals surface area contributed by atoms with Gasteiger partial charge in [-0.2, -0.15) is 0 Å². The number of hydrogen-bond donors (Lipinski definition) is 1. The lowest BCUT2D eigenvalue weighted by molar-refractivity contribution is 0.677. The molecule has 0 bridgehead atoms. The predicted octanol–water partition coefficient (Wildman–Crippen LogP) is 3.04. The number of benzene rings is 1. The van der Waals surface area contributed by atoms with Gasteiger partial charge in [0.15, 0.2) is 0 Å². The molecule has 0 amide bonds. The predicted molar refractivity (Wildman–Crippen MR) is 68.5 cm³/mol. The van der Waals surface area contributed by atoms with Gasteiger partial charge in [-0.15, -0.1) is 0 Å². The maximum atomic E-state index is 4.54. The van der Waals surface area contributed by atoms with E-state index in [1.807, 2.05) is 6.07 Å². The second-order valence-corrected chi connectivity index (χ2v) is 4.12. The number of nitrogens with one attached hydrogen (secondary N) is 1. The molecule has 0 saturated heterocycles. The van der Waals surface area contributed by atoms with Crippen molar-refractivity contribution in [1.82, 2.24) is 10.3 Å². The molecule has 0 saturated carbocycles. The summed E-state index contributed by atoms with van der Waals surface area (Å²) in [5.74, 6) is 0. The molecule has 1 N–H and O–H groups in total. The molecule has 1 aromatic heterocycles. The van der Waals surface area contributed by atoms with Crippen molar-refractivity contribution >= 4 is 10.9 Å². The van der Waals surface area contributed by atoms with Crippen LogP contribution in [0, 0.1) is 6.92 Å². The van der Waals surface area contributed by atoms with Gasteiger partial charge in [0.05, 0.1) is 5.52 Å². The van der Waals surface area contributed by atoms with Crippen LogP contribution >= 0.6 is 0 Å². The second kappa shape index (κ2) is 5.08. The third kappa shape index (κ3) is 2.39. The Hall–Kier alpha value is -1.41. The molecule has 2 rings (SSSR count). The summed E-state index contributed by atoms with van der Waals surface area (Å²) in [4.78, 5) is 4.54. The summed E-state index contributed by atoms with van der Waals surface area (Å²) >= 11 is 0. The van der Waals surface area contributed by atoms with Gasteiger partial charge in [-0.3, -0.25) is 4.98 Å². The zero-order valence-electron chi connectivity index (χ0n) is 9.96. The van der Waals surface area contributed by atoms with Crippen molar-refractivity contribution < 1.29 is 0 Å². The number of rotatable bonds is 4. The SMILES string of the molecule is CCCNCc1cc(C)nc2ccccc12. The first kappa shape index (κ1) is 11.1. The van der Waals surface area contributed by atoms with Crippen LogP contribution in [-0.4, -0.2) is 11.5 Å². The van der Waals surface area contributed by atoms with Crippen molar-refractivity contribution in [3.8, 4) is 0 Å². The Bertz CT molecular complexity index is 477. The second-order valence-electron chi connectivity index (χ2n) is 4.12. The van der Waals surface area contributed by atoms with Crippen molar-refractivity contribution in [2.24, 2.45) is 0 Å². The number of aryl methyl sites for hydroxylation is 1. The van der Waals surface area contributed by atoms with Gasteiger partial charge >= 0.3 is 0 Å². The molecule has 0 spiro atoms. The molecular formula is C14H18N2. The first-order valence-electron chi connectivity index (χ1n) is 5.87. The van der Waals surface area contributed by atoms with E-state index in [0.29, 0.717) is 0 Å². The standard InChI is InChI=1S/C14H18N2/c1-3-8-15-10-12-9-11(2)16-14-7-5-4-6-13(12)14/h4-7,9,15H,3,8,10H2,1-2H3. The number of aromatic nitrogens is 1. The zero-order chi connectivity index (χ0) is 11.4. The zero-order valence-corrected chi connectivity index (χ0v) is 9.96. The third-order valence-electron chi connectivity index (χ3n) is 2.67. The Morgan fingerprint density at radius 3 is 2.88 bits per heavy atom. The van der Waals surface area contributed by atoms with E-state index in [0.717, 1.165) is 24.3 Å². The van der Waals surface area contributed by atoms with Gasteiger partial charge in [0.25, 0.3) is 0 Å². The van der Waals surface area contributed by atoms with Crippen LogP contribution in [0.3, 0.4) is 0 Å². The van der Waals surface area contributed by atoms with Crippen molar-refractivity contribution in [1.29, 1.82) is 0 Å². The molecule has 1 heterocycles. The molecule has 0 aliphatic rings. The molecule has 2 heteroatoms. The summed E-state index contributed by atoms with van der Waals surface area (Å²) in [5, 5.41) is 4.70. The summed E-state index contributed by atoms with van der Waals surface area (Å²) in [7, 11) is 0. The Morgan fingerprint density at radius 1 is 1.25 bits per heavy atom. The van der Waals surface area contributed by atoms with Gasteiger partial charge in [0, 0.05) is 17.6 Å². The minimum absolute atomic E-state index is 0.928. The molecule has 2 nitrogen and oxygen atoms in total. The Labute approximate surface area is 96.7 Å². The molecule has 2 aromatic rings. The normalized spacial score (nSPS) is 10.9. The van der Waals surface area contributed by atoms with Crippen LogP contribution < -0.4 is 5.32 Å². The lowest BCUT2D eigenvalue weighted by atomic mass is 10.1. The fourth-order valence-electron chi connectivity index (χ4n) is 1.94. The Morgan fingerprint density at radius 2 is 2.06 bits per heavy atom. The molecule has 0 radical (unpaired) electrons. The first-order valence-corrected chi connectivity index (χ1v) is 5.87. The topological polar surface area (TPSA) is 24.9 Å². The van der Waals surface area contributed by atoms with Crippen molar-refractivity contribution in [2.75, 3.05) is 6.54 Å². The summed E-state index contributed by atoms with van der Waals surface area (Å²) < 4.78 is 0. The van der Waals surface area contributed by atoms with Crippen LogP contribution in [0.15, 0.2) is 30.3 Å². The molecule has 0 aliphatic heterocycles. The lowest BCUT2D eigenvalue weighted by Crippen LogP contribution is -2.14. The van der Waals surface area contributed by atoms with E-state index < -0.39 is 0 Å². The van der Waals surface area contributed by atoms with Gasteiger partial charge in [-0.1, -0.05) is 25.1 Å². The Balaban J connectivity index is 2.34. The van der Waals surface area contributed by atoms with Crippen molar-refractivity contribution in [2.45, 2.75) is 26.8 Å². The molecule has 0 aliphatic carbocycles. The average Bonchev–Trinajstić information content (AvgIpc) is 2.29. The van der Waals surface area contributed by atoms with Gasteiger partial charge in [-0.05, 0) is 37.6 Å². The van der Waals surface area contributed by atoms with Gasteiger partial charge in [0.2, 0.25) is 0 Å². The third-order valence-corrected chi connectivity index (χ3v) is 2.67. The Kier molecular flexibility index (Phi) is 3.52. The van der Waals surface area contributed by atoms with E-state index in [-0.39, 0.29) is 0 Å². The molecule has 0 atom stereocenters. The van der Waals surface area contributed by atoms with E-state index >= 15 is 0 Å². The minimum atomic E-state index is 0.928. The quantitative estimate of drug-likeness (QED) is 0.791. The first-order chi connectivity index (χ1) is 7.81. The highest BCUT2D eigenvalue weighted by molar-refractivity contribution is 5.82. The van der Waals surface area contributed by atoms with Crippen LogP contribution in [0.1, 0.15) is 24.6 Å². The highest BCUT2D eigenvalue weighted by Gasteiger charge is 2.02. The molecule has 84 valence electrons. The molecule has 0 unspecified atom stereocenters. The highest BCUT2D eigenvalue weighted by Crippen LogP contribution is 2.17. The number of pyridine rings is 1. The van der Waals surface area contributed by atoms with E-state index in [4.69, 9.17) is 0 Å². The lowest BCUT2D eigenvalue weighted by Gasteiger charge is -2.08. The van der Waals surface area contributed by atoms with Crippen LogP contribution in [-0.2, 0) is 6.54 Å². The number of hydrogen-bond acceptors (Lipinski definition) is 2. The number of nitrogens with zero attached hydrogens (tertiary/aromatic N) is 1. The molecule has 1 aromatic carbocycles. The maximum Gasteiger partial charge on any atom is 0.0708 e. The van der Waals surface area contributed by atoms with E-state index in [2.05, 4.69) is 48.4 Å². The summed E-state index contributed by atoms with van der Waals surface area (Å²) in [5.41, 5.74) is 3.53. The van der Waals surface area contributed by atoms with E-state index in [1.165, 1.54) is 17.4 Å². The van der Waals surface area contributed by atoms with E-state index in [1.54, 1.807) is 0 Å². The smallest absolute Gasteiger partial charge is 0.0708 e. The summed E-state index contributed by atoms with van der Waals surface area (Å²) in [6.45, 7) is 6.23. The summed E-state index contributed by atoms with van der Waals surface area (Å²) in [6, 6.07) is 10.5. The summed E-state index contributed by atoms with van der Waals surface area (Å²) in [6.07, 6.45) is 1.17. The maximum absolute atomic E-state index is 4.54. The average molecular weight is 214 g/mol. The highest BCUT2D eigenvalue weighted by atomic mass is 14.8. The molecular weight excluding hydrogens is 196 g/mol. The van der Waals surface area contributed by atoms with E-state index in [9.17, 15) is 0 Å². The van der Waals surface area contributed by atoms with Crippen LogP contribution in [0.25, 0.3) is 10.9 Å². The van der Waals surface area contributed by atoms with Gasteiger partial charge in [0.1, 0.15) is 0 Å². The minimum Gasteiger partial charge on any atom is -0.313 e. The van der Waals surface area contributed by atoms with Gasteiger partial charge < -0.3 is 5.32 Å².